The number of nitrogens with zero attached hydrogens (tertiary/aromatic N) is 3. The maximum absolute atomic E-state index is 12.6. The molecule has 28 heavy (non-hydrogen) atoms. The highest BCUT2D eigenvalue weighted by atomic mass is 16.3. The number of carbonyl (C=O) groups is 1. The lowest BCUT2D eigenvalue weighted by Gasteiger charge is -2.30. The molecule has 1 aliphatic heterocycles. The van der Waals surface area contributed by atoms with Crippen molar-refractivity contribution in [1.82, 2.24) is 14.8 Å². The predicted molar refractivity (Wildman–Crippen MR) is 111 cm³/mol. The minimum Gasteiger partial charge on any atom is -0.436 e. The number of amides is 2. The first-order valence-electron chi connectivity index (χ1n) is 9.59. The summed E-state index contributed by atoms with van der Waals surface area (Å²) in [5, 5.41) is 2.98. The van der Waals surface area contributed by atoms with Gasteiger partial charge in [0.25, 0.3) is 0 Å². The van der Waals surface area contributed by atoms with Crippen LogP contribution in [-0.4, -0.2) is 54.5 Å². The van der Waals surface area contributed by atoms with Gasteiger partial charge < -0.3 is 19.5 Å². The van der Waals surface area contributed by atoms with Crippen LogP contribution in [0.15, 0.2) is 52.9 Å². The van der Waals surface area contributed by atoms with E-state index in [0.29, 0.717) is 17.2 Å². The van der Waals surface area contributed by atoms with E-state index in [1.165, 1.54) is 0 Å². The van der Waals surface area contributed by atoms with Gasteiger partial charge in [-0.1, -0.05) is 25.1 Å². The van der Waals surface area contributed by atoms with Gasteiger partial charge in [0.05, 0.1) is 0 Å². The third kappa shape index (κ3) is 3.87. The van der Waals surface area contributed by atoms with Crippen LogP contribution >= 0.6 is 0 Å². The predicted octanol–water partition coefficient (Wildman–Crippen LogP) is 4.30. The minimum atomic E-state index is -0.109. The van der Waals surface area contributed by atoms with Crippen molar-refractivity contribution in [1.29, 1.82) is 0 Å². The highest BCUT2D eigenvalue weighted by molar-refractivity contribution is 5.91. The third-order valence-corrected chi connectivity index (χ3v) is 5.37. The Kier molecular flexibility index (Phi) is 4.81. The van der Waals surface area contributed by atoms with E-state index >= 15 is 0 Å². The van der Waals surface area contributed by atoms with E-state index in [1.54, 1.807) is 4.90 Å². The van der Waals surface area contributed by atoms with Crippen molar-refractivity contribution in [2.75, 3.05) is 39.0 Å². The van der Waals surface area contributed by atoms with Crippen LogP contribution in [0, 0.1) is 5.41 Å². The van der Waals surface area contributed by atoms with Crippen LogP contribution in [0.1, 0.15) is 13.3 Å². The molecule has 0 saturated carbocycles. The summed E-state index contributed by atoms with van der Waals surface area (Å²) in [6.07, 6.45) is 1.11. The fraction of sp³-hybridized carbons (Fsp3) is 0.364. The van der Waals surface area contributed by atoms with Crippen molar-refractivity contribution >= 4 is 22.8 Å². The van der Waals surface area contributed by atoms with Crippen molar-refractivity contribution < 1.29 is 9.21 Å². The Morgan fingerprint density at radius 2 is 2.07 bits per heavy atom. The standard InChI is InChI=1S/C22H26N4O2/c1-22(11-12-25(2)14-22)15-26(3)21(27)23-17-9-10-19-18(13-17)24-20(28-19)16-7-5-4-6-8-16/h4-10,13H,11-12,14-15H2,1-3H3,(H,23,27)/t22-/m1/s1. The van der Waals surface area contributed by atoms with Crippen LogP contribution in [0.5, 0.6) is 0 Å². The Morgan fingerprint density at radius 3 is 2.79 bits per heavy atom. The van der Waals surface area contributed by atoms with Crippen molar-refractivity contribution in [2.24, 2.45) is 5.41 Å². The van der Waals surface area contributed by atoms with E-state index in [2.05, 4.69) is 29.2 Å². The van der Waals surface area contributed by atoms with Crippen LogP contribution in [0.25, 0.3) is 22.6 Å². The van der Waals surface area contributed by atoms with E-state index in [0.717, 1.165) is 37.1 Å². The first kappa shape index (κ1) is 18.5. The lowest BCUT2D eigenvalue weighted by molar-refractivity contribution is 0.188. The van der Waals surface area contributed by atoms with Crippen LogP contribution in [-0.2, 0) is 0 Å². The fourth-order valence-corrected chi connectivity index (χ4v) is 3.97. The fourth-order valence-electron chi connectivity index (χ4n) is 3.97. The zero-order chi connectivity index (χ0) is 19.7. The van der Waals surface area contributed by atoms with Crippen LogP contribution in [0.4, 0.5) is 10.5 Å². The summed E-state index contributed by atoms with van der Waals surface area (Å²) in [6, 6.07) is 15.2. The molecule has 1 N–H and O–H groups in total. The molecule has 1 fully saturated rings. The molecule has 3 aromatic rings. The van der Waals surface area contributed by atoms with Gasteiger partial charge >= 0.3 is 6.03 Å². The van der Waals surface area contributed by atoms with Gasteiger partial charge in [0, 0.05) is 31.4 Å². The van der Waals surface area contributed by atoms with E-state index in [4.69, 9.17) is 4.42 Å². The second-order valence-corrected chi connectivity index (χ2v) is 8.15. The first-order chi connectivity index (χ1) is 13.4. The molecule has 0 bridgehead atoms. The third-order valence-electron chi connectivity index (χ3n) is 5.37. The van der Waals surface area contributed by atoms with Gasteiger partial charge in [0.15, 0.2) is 5.58 Å². The molecular weight excluding hydrogens is 352 g/mol. The second-order valence-electron chi connectivity index (χ2n) is 8.15. The summed E-state index contributed by atoms with van der Waals surface area (Å²) in [6.45, 7) is 5.07. The number of benzene rings is 2. The Morgan fingerprint density at radius 1 is 1.29 bits per heavy atom. The molecule has 2 heterocycles. The van der Waals surface area contributed by atoms with Gasteiger partial charge in [0.1, 0.15) is 5.52 Å². The normalized spacial score (nSPS) is 19.8. The molecular formula is C22H26N4O2. The molecule has 6 nitrogen and oxygen atoms in total. The highest BCUT2D eigenvalue weighted by Crippen LogP contribution is 2.30. The number of hydrogen-bond donors (Lipinski definition) is 1. The molecule has 146 valence electrons. The van der Waals surface area contributed by atoms with E-state index in [-0.39, 0.29) is 11.4 Å². The van der Waals surface area contributed by atoms with Gasteiger partial charge in [0.2, 0.25) is 5.89 Å². The largest absolute Gasteiger partial charge is 0.436 e. The number of rotatable bonds is 4. The molecule has 2 aromatic carbocycles. The van der Waals surface area contributed by atoms with Crippen LogP contribution in [0.3, 0.4) is 0 Å². The second kappa shape index (κ2) is 7.28. The van der Waals surface area contributed by atoms with Gasteiger partial charge in [-0.05, 0) is 55.8 Å². The first-order valence-corrected chi connectivity index (χ1v) is 9.59. The van der Waals surface area contributed by atoms with E-state index in [1.807, 2.05) is 55.6 Å². The number of carbonyl (C=O) groups excluding carboxylic acids is 1. The molecule has 2 amide bonds. The summed E-state index contributed by atoms with van der Waals surface area (Å²) in [5.74, 6) is 0.578. The number of nitrogens with one attached hydrogen (secondary N) is 1. The Hall–Kier alpha value is -2.86. The van der Waals surface area contributed by atoms with E-state index < -0.39 is 0 Å². The summed E-state index contributed by atoms with van der Waals surface area (Å²) in [5.41, 5.74) is 3.21. The molecule has 0 unspecified atom stereocenters. The molecule has 1 saturated heterocycles. The summed E-state index contributed by atoms with van der Waals surface area (Å²) >= 11 is 0. The SMILES string of the molecule is CN1CC[C@@](C)(CN(C)C(=O)Nc2ccc3oc(-c4ccccc4)nc3c2)C1. The number of fused-ring (bicyclic) bond motifs is 1. The maximum atomic E-state index is 12.6. The average molecular weight is 378 g/mol. The molecule has 0 aliphatic carbocycles. The highest BCUT2D eigenvalue weighted by Gasteiger charge is 2.34. The Labute approximate surface area is 165 Å². The molecule has 1 atom stereocenters. The van der Waals surface area contributed by atoms with Gasteiger partial charge in [-0.2, -0.15) is 0 Å². The van der Waals surface area contributed by atoms with Gasteiger partial charge in [-0.25, -0.2) is 9.78 Å². The molecule has 0 radical (unpaired) electrons. The van der Waals surface area contributed by atoms with Crippen molar-refractivity contribution in [3.8, 4) is 11.5 Å². The van der Waals surface area contributed by atoms with Gasteiger partial charge in [-0.15, -0.1) is 0 Å². The molecule has 4 rings (SSSR count). The van der Waals surface area contributed by atoms with Crippen molar-refractivity contribution in [2.45, 2.75) is 13.3 Å². The monoisotopic (exact) mass is 378 g/mol. The zero-order valence-corrected chi connectivity index (χ0v) is 16.6. The topological polar surface area (TPSA) is 61.6 Å². The lowest BCUT2D eigenvalue weighted by atomic mass is 9.89. The van der Waals surface area contributed by atoms with Crippen molar-refractivity contribution in [3.05, 3.63) is 48.5 Å². The maximum Gasteiger partial charge on any atom is 0.321 e. The van der Waals surface area contributed by atoms with E-state index in [9.17, 15) is 4.79 Å². The quantitative estimate of drug-likeness (QED) is 0.735. The molecule has 1 aliphatic rings. The summed E-state index contributed by atoms with van der Waals surface area (Å²) < 4.78 is 5.83. The lowest BCUT2D eigenvalue weighted by Crippen LogP contribution is -2.40. The van der Waals surface area contributed by atoms with Gasteiger partial charge in [-0.3, -0.25) is 0 Å². The number of oxazole rings is 1. The molecule has 1 aromatic heterocycles. The smallest absolute Gasteiger partial charge is 0.321 e. The van der Waals surface area contributed by atoms with Crippen LogP contribution < -0.4 is 5.32 Å². The number of urea groups is 1. The average Bonchev–Trinajstić information content (AvgIpc) is 3.25. The number of hydrogen-bond acceptors (Lipinski definition) is 4. The summed E-state index contributed by atoms with van der Waals surface area (Å²) in [7, 11) is 3.98. The summed E-state index contributed by atoms with van der Waals surface area (Å²) in [4.78, 5) is 21.3. The molecule has 6 heteroatoms. The molecule has 0 spiro atoms. The van der Waals surface area contributed by atoms with Crippen LogP contribution in [0.2, 0.25) is 0 Å². The zero-order valence-electron chi connectivity index (χ0n) is 16.6. The number of aromatic nitrogens is 1. The number of likely N-dealkylation sites (tertiary alicyclic amines) is 1. The minimum absolute atomic E-state index is 0.109. The van der Waals surface area contributed by atoms with Crippen molar-refractivity contribution in [3.63, 3.8) is 0 Å². The Bertz CT molecular complexity index is 985. The Balaban J connectivity index is 1.46. The number of anilines is 1.